The zero-order valence-electron chi connectivity index (χ0n) is 17.0. The third-order valence-corrected chi connectivity index (χ3v) is 4.77. The maximum atomic E-state index is 13.4. The maximum Gasteiger partial charge on any atom is 0.416 e. The van der Waals surface area contributed by atoms with E-state index < -0.39 is 35.4 Å². The molecule has 0 spiro atoms. The fourth-order valence-corrected chi connectivity index (χ4v) is 3.23. The van der Waals surface area contributed by atoms with Crippen molar-refractivity contribution >= 4 is 11.9 Å². The Labute approximate surface area is 182 Å². The van der Waals surface area contributed by atoms with Crippen molar-refractivity contribution in [3.8, 4) is 16.9 Å². The summed E-state index contributed by atoms with van der Waals surface area (Å²) in [7, 11) is 1.31. The van der Waals surface area contributed by atoms with Gasteiger partial charge in [-0.25, -0.2) is 4.79 Å². The number of carboxylic acid groups (broad SMARTS) is 1. The summed E-state index contributed by atoms with van der Waals surface area (Å²) in [6.07, 6.45) is -4.61. The molecule has 8 heteroatoms. The normalized spacial score (nSPS) is 11.1. The van der Waals surface area contributed by atoms with Crippen LogP contribution in [-0.2, 0) is 28.7 Å². The zero-order valence-corrected chi connectivity index (χ0v) is 17.0. The number of carbonyl (C=O) groups excluding carboxylic acids is 1. The Morgan fingerprint density at radius 2 is 1.59 bits per heavy atom. The molecular weight excluding hydrogens is 425 g/mol. The molecule has 3 aromatic rings. The summed E-state index contributed by atoms with van der Waals surface area (Å²) in [6, 6.07) is 16.8. The van der Waals surface area contributed by atoms with Gasteiger partial charge in [-0.3, -0.25) is 4.79 Å². The Balaban J connectivity index is 1.87. The molecule has 0 aliphatic carbocycles. The first-order valence-corrected chi connectivity index (χ1v) is 9.50. The van der Waals surface area contributed by atoms with Crippen molar-refractivity contribution in [1.82, 2.24) is 0 Å². The van der Waals surface area contributed by atoms with Crippen molar-refractivity contribution in [2.24, 2.45) is 0 Å². The van der Waals surface area contributed by atoms with Gasteiger partial charge in [0, 0.05) is 5.56 Å². The number of hydrogen-bond donors (Lipinski definition) is 1. The highest BCUT2D eigenvalue weighted by Gasteiger charge is 2.35. The van der Waals surface area contributed by atoms with Crippen LogP contribution in [0.3, 0.4) is 0 Å². The number of halogens is 3. The van der Waals surface area contributed by atoms with Crippen molar-refractivity contribution in [2.45, 2.75) is 19.2 Å². The summed E-state index contributed by atoms with van der Waals surface area (Å²) in [4.78, 5) is 22.9. The van der Waals surface area contributed by atoms with Crippen LogP contribution in [0.5, 0.6) is 5.75 Å². The van der Waals surface area contributed by atoms with Gasteiger partial charge in [-0.2, -0.15) is 13.2 Å². The number of ether oxygens (including phenoxy) is 2. The summed E-state index contributed by atoms with van der Waals surface area (Å²) in [5.41, 5.74) is 0.273. The summed E-state index contributed by atoms with van der Waals surface area (Å²) in [6.45, 7) is -0.566. The van der Waals surface area contributed by atoms with E-state index in [-0.39, 0.29) is 18.1 Å². The Morgan fingerprint density at radius 3 is 2.25 bits per heavy atom. The molecule has 0 saturated carbocycles. The van der Waals surface area contributed by atoms with Gasteiger partial charge in [0.25, 0.3) is 0 Å². The van der Waals surface area contributed by atoms with Crippen LogP contribution in [0.15, 0.2) is 66.7 Å². The first-order chi connectivity index (χ1) is 15.2. The molecule has 0 atom stereocenters. The van der Waals surface area contributed by atoms with Crippen molar-refractivity contribution < 1.29 is 37.3 Å². The van der Waals surface area contributed by atoms with E-state index >= 15 is 0 Å². The molecule has 0 heterocycles. The van der Waals surface area contributed by atoms with E-state index in [9.17, 15) is 27.9 Å². The van der Waals surface area contributed by atoms with Crippen LogP contribution in [-0.4, -0.2) is 24.2 Å². The number of alkyl halides is 3. The van der Waals surface area contributed by atoms with E-state index in [1.807, 2.05) is 6.07 Å². The highest BCUT2D eigenvalue weighted by molar-refractivity contribution is 5.89. The first kappa shape index (κ1) is 22.9. The van der Waals surface area contributed by atoms with Crippen LogP contribution in [0.2, 0.25) is 0 Å². The van der Waals surface area contributed by atoms with Crippen molar-refractivity contribution in [2.75, 3.05) is 7.11 Å². The van der Waals surface area contributed by atoms with Gasteiger partial charge < -0.3 is 14.6 Å². The van der Waals surface area contributed by atoms with Crippen LogP contribution in [0.1, 0.15) is 27.0 Å². The molecule has 166 valence electrons. The molecule has 0 aliphatic rings. The predicted molar refractivity (Wildman–Crippen MR) is 110 cm³/mol. The monoisotopic (exact) mass is 444 g/mol. The number of carboxylic acids is 1. The van der Waals surface area contributed by atoms with E-state index in [2.05, 4.69) is 4.74 Å². The van der Waals surface area contributed by atoms with Crippen LogP contribution in [0.25, 0.3) is 11.1 Å². The van der Waals surface area contributed by atoms with Gasteiger partial charge in [0.1, 0.15) is 12.4 Å². The molecule has 3 rings (SSSR count). The van der Waals surface area contributed by atoms with E-state index in [0.29, 0.717) is 0 Å². The van der Waals surface area contributed by atoms with E-state index in [1.54, 1.807) is 42.5 Å². The van der Waals surface area contributed by atoms with Gasteiger partial charge >= 0.3 is 18.1 Å². The number of methoxy groups -OCH3 is 1. The number of hydrogen-bond acceptors (Lipinski definition) is 4. The second-order valence-corrected chi connectivity index (χ2v) is 6.90. The minimum absolute atomic E-state index is 0.104. The number of aromatic carboxylic acids is 1. The lowest BCUT2D eigenvalue weighted by atomic mass is 10.0. The first-order valence-electron chi connectivity index (χ1n) is 9.50. The van der Waals surface area contributed by atoms with Crippen LogP contribution >= 0.6 is 0 Å². The van der Waals surface area contributed by atoms with Gasteiger partial charge in [0.15, 0.2) is 0 Å². The SMILES string of the molecule is COC(=O)Cc1cccc(-c2cccc(OCc3c(C(=O)O)cccc3C(F)(F)F)c2)c1. The summed E-state index contributed by atoms with van der Waals surface area (Å²) in [5.74, 6) is -1.57. The molecule has 0 saturated heterocycles. The van der Waals surface area contributed by atoms with Gasteiger partial charge in [-0.05, 0) is 41.0 Å². The van der Waals surface area contributed by atoms with Crippen LogP contribution in [0, 0.1) is 0 Å². The molecular formula is C24H19F3O5. The van der Waals surface area contributed by atoms with Gasteiger partial charge in [-0.15, -0.1) is 0 Å². The Hall–Kier alpha value is -3.81. The van der Waals surface area contributed by atoms with Crippen molar-refractivity contribution in [3.63, 3.8) is 0 Å². The second kappa shape index (κ2) is 9.55. The molecule has 0 radical (unpaired) electrons. The van der Waals surface area contributed by atoms with Gasteiger partial charge in [0.05, 0.1) is 24.7 Å². The summed E-state index contributed by atoms with van der Waals surface area (Å²) < 4.78 is 50.4. The average Bonchev–Trinajstić information content (AvgIpc) is 2.77. The third-order valence-electron chi connectivity index (χ3n) is 4.77. The lowest BCUT2D eigenvalue weighted by molar-refractivity contribution is -0.140. The predicted octanol–water partition coefficient (Wildman–Crippen LogP) is 5.37. The molecule has 3 aromatic carbocycles. The van der Waals surface area contributed by atoms with E-state index in [4.69, 9.17) is 4.74 Å². The topological polar surface area (TPSA) is 72.8 Å². The molecule has 0 aromatic heterocycles. The number of esters is 1. The lowest BCUT2D eigenvalue weighted by Gasteiger charge is -2.16. The Bertz CT molecular complexity index is 1140. The zero-order chi connectivity index (χ0) is 23.3. The quantitative estimate of drug-likeness (QED) is 0.497. The Morgan fingerprint density at radius 1 is 0.938 bits per heavy atom. The molecule has 1 N–H and O–H groups in total. The van der Waals surface area contributed by atoms with Crippen LogP contribution < -0.4 is 4.74 Å². The van der Waals surface area contributed by atoms with E-state index in [0.717, 1.165) is 34.9 Å². The Kier molecular flexibility index (Phi) is 6.82. The molecule has 0 unspecified atom stereocenters. The summed E-state index contributed by atoms with van der Waals surface area (Å²) in [5, 5.41) is 9.30. The highest BCUT2D eigenvalue weighted by atomic mass is 19.4. The average molecular weight is 444 g/mol. The fourth-order valence-electron chi connectivity index (χ4n) is 3.23. The largest absolute Gasteiger partial charge is 0.489 e. The standard InChI is InChI=1S/C24H19F3O5/c1-31-22(28)12-15-5-2-6-16(11-15)17-7-3-8-18(13-17)32-14-20-19(23(29)30)9-4-10-21(20)24(25,26)27/h2-11,13H,12,14H2,1H3,(H,29,30). The number of rotatable bonds is 7. The van der Waals surface area contributed by atoms with E-state index in [1.165, 1.54) is 7.11 Å². The molecule has 5 nitrogen and oxygen atoms in total. The smallest absolute Gasteiger partial charge is 0.416 e. The maximum absolute atomic E-state index is 13.4. The molecule has 0 fully saturated rings. The molecule has 32 heavy (non-hydrogen) atoms. The van der Waals surface area contributed by atoms with Crippen molar-refractivity contribution in [1.29, 1.82) is 0 Å². The van der Waals surface area contributed by atoms with Gasteiger partial charge in [-0.1, -0.05) is 42.5 Å². The number of carbonyl (C=O) groups is 2. The number of benzene rings is 3. The lowest BCUT2D eigenvalue weighted by Crippen LogP contribution is -2.15. The third kappa shape index (κ3) is 5.46. The molecule has 0 amide bonds. The summed E-state index contributed by atoms with van der Waals surface area (Å²) >= 11 is 0. The minimum Gasteiger partial charge on any atom is -0.489 e. The van der Waals surface area contributed by atoms with Gasteiger partial charge in [0.2, 0.25) is 0 Å². The van der Waals surface area contributed by atoms with Crippen LogP contribution in [0.4, 0.5) is 13.2 Å². The van der Waals surface area contributed by atoms with Crippen molar-refractivity contribution in [3.05, 3.63) is 89.0 Å². The minimum atomic E-state index is -4.72. The second-order valence-electron chi connectivity index (χ2n) is 6.90. The molecule has 0 bridgehead atoms. The molecule has 0 aliphatic heterocycles. The fraction of sp³-hybridized carbons (Fsp3) is 0.167. The highest BCUT2D eigenvalue weighted by Crippen LogP contribution is 2.34.